The molecule has 4 atom stereocenters. The van der Waals surface area contributed by atoms with Crippen molar-refractivity contribution in [1.82, 2.24) is 14.6 Å². The summed E-state index contributed by atoms with van der Waals surface area (Å²) < 4.78 is 18.6. The van der Waals surface area contributed by atoms with Gasteiger partial charge in [0.2, 0.25) is 0 Å². The van der Waals surface area contributed by atoms with Crippen molar-refractivity contribution in [3.05, 3.63) is 24.2 Å². The molecule has 11 nitrogen and oxygen atoms in total. The maximum atomic E-state index is 12.7. The lowest BCUT2D eigenvalue weighted by molar-refractivity contribution is -0.227. The smallest absolute Gasteiger partial charge is 0.306 e. The molecule has 0 unspecified atom stereocenters. The van der Waals surface area contributed by atoms with Gasteiger partial charge < -0.3 is 25.1 Å². The fraction of sp³-hybridized carbons (Fsp3) is 0.625. The first kappa shape index (κ1) is 24.9. The molecule has 0 bridgehead atoms. The molecule has 188 valence electrons. The van der Waals surface area contributed by atoms with Crippen molar-refractivity contribution in [2.24, 2.45) is 5.92 Å². The number of aromatic nitrogens is 3. The van der Waals surface area contributed by atoms with Crippen molar-refractivity contribution in [2.75, 3.05) is 12.3 Å². The number of rotatable bonds is 7. The van der Waals surface area contributed by atoms with E-state index in [9.17, 15) is 20.0 Å². The van der Waals surface area contributed by atoms with Gasteiger partial charge in [0.25, 0.3) is 0 Å². The Morgan fingerprint density at radius 2 is 2.09 bits per heavy atom. The van der Waals surface area contributed by atoms with E-state index in [-0.39, 0.29) is 37.6 Å². The normalized spacial score (nSPS) is 27.3. The van der Waals surface area contributed by atoms with Crippen LogP contribution in [0.1, 0.15) is 64.0 Å². The number of carbonyl (C=O) groups is 2. The van der Waals surface area contributed by atoms with Crippen molar-refractivity contribution in [2.45, 2.75) is 82.2 Å². The van der Waals surface area contributed by atoms with Crippen LogP contribution in [0.15, 0.2) is 18.5 Å². The van der Waals surface area contributed by atoms with E-state index < -0.39 is 35.9 Å². The van der Waals surface area contributed by atoms with E-state index >= 15 is 0 Å². The summed E-state index contributed by atoms with van der Waals surface area (Å²) in [6.45, 7) is 1.37. The lowest BCUT2D eigenvalue weighted by Crippen LogP contribution is -2.56. The average molecular weight is 486 g/mol. The number of carbonyl (C=O) groups excluding carboxylic acids is 2. The molecule has 3 N–H and O–H groups in total. The van der Waals surface area contributed by atoms with Crippen molar-refractivity contribution in [1.29, 1.82) is 5.26 Å². The molecule has 0 radical (unpaired) electrons. The van der Waals surface area contributed by atoms with Gasteiger partial charge in [0, 0.05) is 19.3 Å². The second-order valence-corrected chi connectivity index (χ2v) is 9.23. The molecule has 2 aromatic rings. The van der Waals surface area contributed by atoms with Gasteiger partial charge in [-0.1, -0.05) is 26.2 Å². The lowest BCUT2D eigenvalue weighted by atomic mass is 9.85. The minimum atomic E-state index is -1.65. The minimum Gasteiger partial charge on any atom is -0.463 e. The summed E-state index contributed by atoms with van der Waals surface area (Å²) in [5.41, 5.74) is 5.09. The number of hydrogen-bond acceptors (Lipinski definition) is 10. The number of esters is 2. The zero-order valence-corrected chi connectivity index (χ0v) is 19.8. The molecular weight excluding hydrogens is 454 g/mol. The van der Waals surface area contributed by atoms with Gasteiger partial charge in [-0.2, -0.15) is 10.4 Å². The highest BCUT2D eigenvalue weighted by atomic mass is 16.6. The number of nitriles is 1. The Kier molecular flexibility index (Phi) is 7.52. The molecule has 1 aliphatic carbocycles. The summed E-state index contributed by atoms with van der Waals surface area (Å²) in [6.07, 6.45) is 3.38. The summed E-state index contributed by atoms with van der Waals surface area (Å²) in [7, 11) is 0. The van der Waals surface area contributed by atoms with Gasteiger partial charge in [0.05, 0.1) is 11.8 Å². The first-order valence-corrected chi connectivity index (χ1v) is 12.1. The zero-order chi connectivity index (χ0) is 25.0. The number of nitrogen functional groups attached to an aromatic ring is 1. The first-order chi connectivity index (χ1) is 16.9. The molecule has 2 aromatic heterocycles. The average Bonchev–Trinajstić information content (AvgIpc) is 3.31. The second-order valence-electron chi connectivity index (χ2n) is 9.23. The van der Waals surface area contributed by atoms with Gasteiger partial charge in [0.1, 0.15) is 30.6 Å². The van der Waals surface area contributed by atoms with Crippen LogP contribution in [0.4, 0.5) is 5.82 Å². The Morgan fingerprint density at radius 1 is 1.31 bits per heavy atom. The molecule has 11 heteroatoms. The molecular formula is C24H31N5O6. The first-order valence-electron chi connectivity index (χ1n) is 12.1. The summed E-state index contributed by atoms with van der Waals surface area (Å²) >= 11 is 0. The van der Waals surface area contributed by atoms with Gasteiger partial charge in [0.15, 0.2) is 17.5 Å². The Balaban J connectivity index is 1.59. The van der Waals surface area contributed by atoms with Crippen LogP contribution in [-0.2, 0) is 29.4 Å². The van der Waals surface area contributed by atoms with Crippen LogP contribution in [0.25, 0.3) is 5.52 Å². The van der Waals surface area contributed by atoms with Crippen LogP contribution in [0.3, 0.4) is 0 Å². The topological polar surface area (TPSA) is 162 Å². The zero-order valence-electron chi connectivity index (χ0n) is 19.8. The fourth-order valence-electron chi connectivity index (χ4n) is 4.97. The molecule has 0 spiro atoms. The third-order valence-electron chi connectivity index (χ3n) is 6.82. The maximum absolute atomic E-state index is 12.7. The number of nitrogens with zero attached hydrogens (tertiary/aromatic N) is 4. The van der Waals surface area contributed by atoms with Crippen LogP contribution in [0, 0.1) is 17.2 Å². The van der Waals surface area contributed by atoms with Crippen LogP contribution in [0.5, 0.6) is 0 Å². The van der Waals surface area contributed by atoms with Crippen molar-refractivity contribution < 1.29 is 28.9 Å². The SMILES string of the molecule is CCC(=O)OC[C@H]1O[C@@](C#N)(c2ccc3c(N)ncnn23)C[C@H](O)[C@@H]1OC(=O)CC1CCCCC1. The highest BCUT2D eigenvalue weighted by molar-refractivity contribution is 5.70. The number of ether oxygens (including phenoxy) is 3. The maximum Gasteiger partial charge on any atom is 0.306 e. The number of hydrogen-bond donors (Lipinski definition) is 2. The highest BCUT2D eigenvalue weighted by Gasteiger charge is 2.52. The van der Waals surface area contributed by atoms with E-state index in [0.29, 0.717) is 11.2 Å². The quantitative estimate of drug-likeness (QED) is 0.555. The Bertz CT molecular complexity index is 1110. The number of aliphatic hydroxyl groups excluding tert-OH is 1. The van der Waals surface area contributed by atoms with Crippen LogP contribution in [-0.4, -0.2) is 56.6 Å². The molecule has 35 heavy (non-hydrogen) atoms. The molecule has 1 saturated carbocycles. The predicted molar refractivity (Wildman–Crippen MR) is 123 cm³/mol. The summed E-state index contributed by atoms with van der Waals surface area (Å²) in [4.78, 5) is 28.5. The summed E-state index contributed by atoms with van der Waals surface area (Å²) in [6, 6.07) is 5.43. The Morgan fingerprint density at radius 3 is 2.80 bits per heavy atom. The van der Waals surface area contributed by atoms with Crippen molar-refractivity contribution >= 4 is 23.3 Å². The second kappa shape index (κ2) is 10.6. The van der Waals surface area contributed by atoms with Gasteiger partial charge in [-0.05, 0) is 30.9 Å². The number of fused-ring (bicyclic) bond motifs is 1. The largest absolute Gasteiger partial charge is 0.463 e. The molecule has 4 rings (SSSR count). The van der Waals surface area contributed by atoms with E-state index in [2.05, 4.69) is 16.2 Å². The number of anilines is 1. The summed E-state index contributed by atoms with van der Waals surface area (Å²) in [5, 5.41) is 25.5. The standard InChI is InChI=1S/C24H31N5O6/c1-2-20(31)33-12-18-22(34-21(32)10-15-6-4-3-5-7-15)17(30)11-24(13-25,35-18)19-9-8-16-23(26)27-14-28-29(16)19/h8-9,14-15,17-18,22,30H,2-7,10-12H2,1H3,(H2,26,27,28)/t17-,18+,22-,24-/m0/s1. The van der Waals surface area contributed by atoms with Crippen LogP contribution in [0.2, 0.25) is 0 Å². The van der Waals surface area contributed by atoms with E-state index in [1.54, 1.807) is 19.1 Å². The summed E-state index contributed by atoms with van der Waals surface area (Å²) in [5.74, 6) is -0.435. The monoisotopic (exact) mass is 485 g/mol. The minimum absolute atomic E-state index is 0.143. The molecule has 1 aliphatic heterocycles. The van der Waals surface area contributed by atoms with E-state index in [1.165, 1.54) is 17.3 Å². The van der Waals surface area contributed by atoms with E-state index in [4.69, 9.17) is 19.9 Å². The van der Waals surface area contributed by atoms with Gasteiger partial charge in [-0.25, -0.2) is 9.50 Å². The van der Waals surface area contributed by atoms with Gasteiger partial charge >= 0.3 is 11.9 Å². The van der Waals surface area contributed by atoms with Gasteiger partial charge in [-0.3, -0.25) is 9.59 Å². The third kappa shape index (κ3) is 5.23. The molecule has 1 saturated heterocycles. The molecule has 0 aromatic carbocycles. The van der Waals surface area contributed by atoms with E-state index in [0.717, 1.165) is 25.7 Å². The highest BCUT2D eigenvalue weighted by Crippen LogP contribution is 2.40. The fourth-order valence-corrected chi connectivity index (χ4v) is 4.97. The van der Waals surface area contributed by atoms with Gasteiger partial charge in [-0.15, -0.1) is 0 Å². The van der Waals surface area contributed by atoms with Crippen molar-refractivity contribution in [3.63, 3.8) is 0 Å². The lowest BCUT2D eigenvalue weighted by Gasteiger charge is -2.42. The predicted octanol–water partition coefficient (Wildman–Crippen LogP) is 2.02. The van der Waals surface area contributed by atoms with Crippen molar-refractivity contribution in [3.8, 4) is 6.07 Å². The Hall–Kier alpha value is -3.23. The Labute approximate surface area is 203 Å². The molecule has 2 aliphatic rings. The number of nitrogens with two attached hydrogens (primary N) is 1. The molecule has 3 heterocycles. The molecule has 2 fully saturated rings. The molecule has 0 amide bonds. The van der Waals surface area contributed by atoms with E-state index in [1.807, 2.05) is 0 Å². The third-order valence-corrected chi connectivity index (χ3v) is 6.82. The van der Waals surface area contributed by atoms with Crippen LogP contribution >= 0.6 is 0 Å². The van der Waals surface area contributed by atoms with Crippen LogP contribution < -0.4 is 5.73 Å². The number of aliphatic hydroxyl groups is 1.